The normalized spacial score (nSPS) is 20.8. The molecular formula is C32H40N2O7. The van der Waals surface area contributed by atoms with Gasteiger partial charge in [-0.3, -0.25) is 9.59 Å². The molecule has 0 radical (unpaired) electrons. The van der Waals surface area contributed by atoms with Crippen LogP contribution in [0, 0.1) is 0 Å². The maximum atomic E-state index is 10.3. The SMILES string of the molecule is CN(C)C1(Cc2ccccc2)CCC(c2[nH]c3ccccc3c2C2CC2)CC1.O=C(O)CC(O)(CC(=O)O)C(=O)O. The minimum Gasteiger partial charge on any atom is -0.481 e. The molecule has 0 unspecified atom stereocenters. The Labute approximate surface area is 239 Å². The van der Waals surface area contributed by atoms with Gasteiger partial charge in [-0.25, -0.2) is 4.79 Å². The molecule has 1 aromatic heterocycles. The lowest BCUT2D eigenvalue weighted by Gasteiger charge is -2.45. The van der Waals surface area contributed by atoms with E-state index in [1.807, 2.05) is 0 Å². The van der Waals surface area contributed by atoms with Gasteiger partial charge in [0.15, 0.2) is 5.60 Å². The number of carboxylic acids is 3. The third-order valence-electron chi connectivity index (χ3n) is 8.70. The van der Waals surface area contributed by atoms with Crippen LogP contribution in [0.3, 0.4) is 0 Å². The monoisotopic (exact) mass is 564 g/mol. The topological polar surface area (TPSA) is 151 Å². The molecule has 2 aromatic carbocycles. The highest BCUT2D eigenvalue weighted by Crippen LogP contribution is 2.50. The van der Waals surface area contributed by atoms with Crippen molar-refractivity contribution in [1.82, 2.24) is 9.88 Å². The van der Waals surface area contributed by atoms with Crippen LogP contribution >= 0.6 is 0 Å². The average molecular weight is 565 g/mol. The molecule has 2 fully saturated rings. The smallest absolute Gasteiger partial charge is 0.336 e. The van der Waals surface area contributed by atoms with Gasteiger partial charge in [0.1, 0.15) is 0 Å². The highest BCUT2D eigenvalue weighted by Gasteiger charge is 2.41. The molecule has 1 heterocycles. The number of aliphatic hydroxyl groups is 1. The molecule has 0 atom stereocenters. The van der Waals surface area contributed by atoms with Gasteiger partial charge in [0.25, 0.3) is 0 Å². The zero-order valence-corrected chi connectivity index (χ0v) is 23.7. The molecule has 2 aliphatic rings. The Morgan fingerprint density at radius 2 is 1.41 bits per heavy atom. The fourth-order valence-electron chi connectivity index (χ4n) is 6.23. The highest BCUT2D eigenvalue weighted by atomic mass is 16.4. The number of nitrogens with one attached hydrogen (secondary N) is 1. The van der Waals surface area contributed by atoms with Crippen molar-refractivity contribution >= 4 is 28.8 Å². The molecule has 5 N–H and O–H groups in total. The summed E-state index contributed by atoms with van der Waals surface area (Å²) in [5.74, 6) is -3.53. The number of fused-ring (bicyclic) bond motifs is 1. The van der Waals surface area contributed by atoms with Gasteiger partial charge in [-0.15, -0.1) is 0 Å². The van der Waals surface area contributed by atoms with Crippen LogP contribution in [0.15, 0.2) is 54.6 Å². The van der Waals surface area contributed by atoms with Crippen molar-refractivity contribution in [2.75, 3.05) is 14.1 Å². The van der Waals surface area contributed by atoms with Gasteiger partial charge in [-0.2, -0.15) is 0 Å². The molecular weight excluding hydrogens is 524 g/mol. The summed E-state index contributed by atoms with van der Waals surface area (Å²) in [6.07, 6.45) is 6.75. The van der Waals surface area contributed by atoms with Crippen LogP contribution < -0.4 is 0 Å². The van der Waals surface area contributed by atoms with E-state index in [4.69, 9.17) is 20.4 Å². The van der Waals surface area contributed by atoms with Crippen molar-refractivity contribution in [2.45, 2.75) is 80.8 Å². The molecule has 0 amide bonds. The fourth-order valence-corrected chi connectivity index (χ4v) is 6.23. The van der Waals surface area contributed by atoms with Crippen LogP contribution in [0.1, 0.15) is 80.0 Å². The minimum absolute atomic E-state index is 0.295. The Kier molecular flexibility index (Phi) is 9.19. The first-order valence-electron chi connectivity index (χ1n) is 14.2. The number of carbonyl (C=O) groups is 3. The predicted molar refractivity (Wildman–Crippen MR) is 155 cm³/mol. The van der Waals surface area contributed by atoms with Crippen molar-refractivity contribution in [1.29, 1.82) is 0 Å². The number of carboxylic acid groups (broad SMARTS) is 3. The van der Waals surface area contributed by atoms with Gasteiger partial charge >= 0.3 is 17.9 Å². The van der Waals surface area contributed by atoms with Crippen LogP contribution in [0.2, 0.25) is 0 Å². The van der Waals surface area contributed by atoms with Crippen molar-refractivity contribution in [3.8, 4) is 0 Å². The zero-order chi connectivity index (χ0) is 29.8. The molecule has 41 heavy (non-hydrogen) atoms. The number of hydrogen-bond acceptors (Lipinski definition) is 5. The van der Waals surface area contributed by atoms with Crippen LogP contribution in [-0.4, -0.2) is 73.5 Å². The third-order valence-corrected chi connectivity index (χ3v) is 8.70. The highest BCUT2D eigenvalue weighted by molar-refractivity contribution is 5.88. The summed E-state index contributed by atoms with van der Waals surface area (Å²) in [5, 5.41) is 35.3. The molecule has 0 saturated heterocycles. The van der Waals surface area contributed by atoms with E-state index in [9.17, 15) is 14.4 Å². The molecule has 220 valence electrons. The lowest BCUT2D eigenvalue weighted by Crippen LogP contribution is -2.48. The summed E-state index contributed by atoms with van der Waals surface area (Å²) in [7, 11) is 4.56. The summed E-state index contributed by atoms with van der Waals surface area (Å²) in [4.78, 5) is 36.8. The molecule has 9 heteroatoms. The summed E-state index contributed by atoms with van der Waals surface area (Å²) in [6, 6.07) is 20.0. The fraction of sp³-hybridized carbons (Fsp3) is 0.469. The van der Waals surface area contributed by atoms with Gasteiger partial charge in [0, 0.05) is 22.1 Å². The van der Waals surface area contributed by atoms with Gasteiger partial charge < -0.3 is 30.3 Å². The van der Waals surface area contributed by atoms with E-state index in [2.05, 4.69) is 78.6 Å². The molecule has 3 aromatic rings. The maximum absolute atomic E-state index is 10.3. The van der Waals surface area contributed by atoms with E-state index in [-0.39, 0.29) is 0 Å². The second kappa shape index (κ2) is 12.4. The minimum atomic E-state index is -2.74. The first-order chi connectivity index (χ1) is 19.4. The number of H-pyrrole nitrogens is 1. The Hall–Kier alpha value is -3.69. The van der Waals surface area contributed by atoms with Gasteiger partial charge in [0.05, 0.1) is 12.8 Å². The quantitative estimate of drug-likeness (QED) is 0.231. The summed E-state index contributed by atoms with van der Waals surface area (Å²) >= 11 is 0. The lowest BCUT2D eigenvalue weighted by molar-refractivity contribution is -0.170. The van der Waals surface area contributed by atoms with Crippen LogP contribution in [0.4, 0.5) is 0 Å². The Balaban J connectivity index is 0.000000254. The molecule has 0 bridgehead atoms. The number of nitrogens with zero attached hydrogens (tertiary/aromatic N) is 1. The number of para-hydroxylation sites is 1. The second-order valence-electron chi connectivity index (χ2n) is 11.8. The van der Waals surface area contributed by atoms with Crippen LogP contribution in [0.5, 0.6) is 0 Å². The standard InChI is InChI=1S/C26H32N2.C6H8O7/c1-28(2)26(18-19-8-4-3-5-9-19)16-14-21(15-17-26)25-24(20-12-13-20)22-10-6-7-11-23(22)27-25;7-3(8)1-6(13,5(11)12)2-4(9)10/h3-11,20-21,27H,12-18H2,1-2H3;13H,1-2H2,(H,7,8)(H,9,10)(H,11,12). The van der Waals surface area contributed by atoms with Gasteiger partial charge in [0.2, 0.25) is 0 Å². The number of aromatic amines is 1. The Morgan fingerprint density at radius 3 is 1.93 bits per heavy atom. The van der Waals surface area contributed by atoms with E-state index in [1.165, 1.54) is 55.0 Å². The second-order valence-corrected chi connectivity index (χ2v) is 11.8. The van der Waals surface area contributed by atoms with Crippen molar-refractivity contribution in [3.63, 3.8) is 0 Å². The third kappa shape index (κ3) is 7.15. The Morgan fingerprint density at radius 1 is 0.854 bits per heavy atom. The first-order valence-corrected chi connectivity index (χ1v) is 14.2. The van der Waals surface area contributed by atoms with E-state index in [1.54, 1.807) is 11.3 Å². The van der Waals surface area contributed by atoms with E-state index >= 15 is 0 Å². The molecule has 2 saturated carbocycles. The van der Waals surface area contributed by atoms with Crippen molar-refractivity contribution in [2.24, 2.45) is 0 Å². The van der Waals surface area contributed by atoms with E-state index in [0.717, 1.165) is 12.3 Å². The predicted octanol–water partition coefficient (Wildman–Crippen LogP) is 5.00. The number of rotatable bonds is 10. The number of aliphatic carboxylic acids is 3. The first kappa shape index (κ1) is 30.3. The summed E-state index contributed by atoms with van der Waals surface area (Å²) in [5.41, 5.74) is 3.59. The van der Waals surface area contributed by atoms with Crippen LogP contribution in [0.25, 0.3) is 10.9 Å². The van der Waals surface area contributed by atoms with Gasteiger partial charge in [-0.1, -0.05) is 48.5 Å². The molecule has 2 aliphatic carbocycles. The largest absolute Gasteiger partial charge is 0.481 e. The number of aromatic nitrogens is 1. The van der Waals surface area contributed by atoms with Gasteiger partial charge in [-0.05, 0) is 88.1 Å². The van der Waals surface area contributed by atoms with Crippen LogP contribution in [-0.2, 0) is 20.8 Å². The van der Waals surface area contributed by atoms with Crippen molar-refractivity contribution < 1.29 is 34.8 Å². The number of likely N-dealkylation sites (N-methyl/N-ethyl adjacent to an activating group) is 1. The average Bonchev–Trinajstić information content (AvgIpc) is 3.68. The summed E-state index contributed by atoms with van der Waals surface area (Å²) < 4.78 is 0. The number of hydrogen-bond donors (Lipinski definition) is 5. The van der Waals surface area contributed by atoms with E-state index < -0.39 is 36.4 Å². The summed E-state index contributed by atoms with van der Waals surface area (Å²) in [6.45, 7) is 0. The van der Waals surface area contributed by atoms with E-state index in [0.29, 0.717) is 11.5 Å². The molecule has 9 nitrogen and oxygen atoms in total. The Bertz CT molecular complexity index is 1350. The lowest BCUT2D eigenvalue weighted by atomic mass is 9.71. The zero-order valence-electron chi connectivity index (χ0n) is 23.7. The molecule has 0 aliphatic heterocycles. The molecule has 0 spiro atoms. The molecule has 5 rings (SSSR count). The number of benzene rings is 2. The van der Waals surface area contributed by atoms with Crippen molar-refractivity contribution in [3.05, 3.63) is 71.4 Å². The maximum Gasteiger partial charge on any atom is 0.336 e.